The third-order valence-corrected chi connectivity index (χ3v) is 2.77. The number of phenolic OH excluding ortho intramolecular Hbond substituents is 1. The van der Waals surface area contributed by atoms with Crippen LogP contribution in [0.15, 0.2) is 42.5 Å². The molecule has 0 aliphatic heterocycles. The summed E-state index contributed by atoms with van der Waals surface area (Å²) < 4.78 is 45.7. The summed E-state index contributed by atoms with van der Waals surface area (Å²) in [5.74, 6) is -2.20. The summed E-state index contributed by atoms with van der Waals surface area (Å²) in [6, 6.07) is 9.76. The zero-order chi connectivity index (χ0) is 16.3. The Kier molecular flexibility index (Phi) is 4.25. The summed E-state index contributed by atoms with van der Waals surface area (Å²) >= 11 is 0. The first-order valence-electron chi connectivity index (χ1n) is 6.13. The van der Waals surface area contributed by atoms with E-state index in [0.29, 0.717) is 0 Å². The van der Waals surface area contributed by atoms with Crippen molar-refractivity contribution in [3.8, 4) is 17.2 Å². The maximum atomic E-state index is 12.3. The van der Waals surface area contributed by atoms with Crippen LogP contribution >= 0.6 is 0 Å². The molecule has 2 rings (SSSR count). The lowest BCUT2D eigenvalue weighted by Gasteiger charge is -2.15. The number of halogens is 3. The van der Waals surface area contributed by atoms with E-state index >= 15 is 0 Å². The summed E-state index contributed by atoms with van der Waals surface area (Å²) in [5, 5.41) is 9.70. The Morgan fingerprint density at radius 3 is 2.32 bits per heavy atom. The predicted molar refractivity (Wildman–Crippen MR) is 70.9 cm³/mol. The van der Waals surface area contributed by atoms with Gasteiger partial charge in [0.15, 0.2) is 11.5 Å². The Bertz CT molecular complexity index is 681. The molecule has 2 aromatic rings. The van der Waals surface area contributed by atoms with Gasteiger partial charge in [0.2, 0.25) is 0 Å². The predicted octanol–water partition coefficient (Wildman–Crippen LogP) is 3.82. The van der Waals surface area contributed by atoms with Gasteiger partial charge in [-0.05, 0) is 31.2 Å². The number of esters is 1. The number of phenols is 1. The van der Waals surface area contributed by atoms with E-state index in [-0.39, 0.29) is 16.9 Å². The maximum Gasteiger partial charge on any atom is 0.573 e. The molecule has 0 atom stereocenters. The van der Waals surface area contributed by atoms with Crippen LogP contribution < -0.4 is 9.47 Å². The van der Waals surface area contributed by atoms with Crippen LogP contribution in [0, 0.1) is 6.92 Å². The van der Waals surface area contributed by atoms with Crippen LogP contribution in [0.25, 0.3) is 0 Å². The molecule has 0 unspecified atom stereocenters. The van der Waals surface area contributed by atoms with Gasteiger partial charge in [-0.15, -0.1) is 13.2 Å². The minimum Gasteiger partial charge on any atom is -0.504 e. The molecule has 0 heterocycles. The summed E-state index contributed by atoms with van der Waals surface area (Å²) in [4.78, 5) is 11.9. The molecule has 1 N–H and O–H groups in total. The van der Waals surface area contributed by atoms with E-state index in [1.165, 1.54) is 19.1 Å². The molecule has 0 aliphatic rings. The highest BCUT2D eigenvalue weighted by atomic mass is 19.4. The molecule has 0 radical (unpaired) electrons. The molecule has 0 saturated carbocycles. The number of benzene rings is 2. The number of carbonyl (C=O) groups is 1. The first-order valence-corrected chi connectivity index (χ1v) is 6.13. The molecule has 0 saturated heterocycles. The van der Waals surface area contributed by atoms with E-state index in [0.717, 1.165) is 12.1 Å². The fourth-order valence-electron chi connectivity index (χ4n) is 1.75. The average Bonchev–Trinajstić information content (AvgIpc) is 2.46. The van der Waals surface area contributed by atoms with Crippen LogP contribution in [0.2, 0.25) is 0 Å². The number of ether oxygens (including phenoxy) is 2. The van der Waals surface area contributed by atoms with E-state index < -0.39 is 23.8 Å². The highest BCUT2D eigenvalue weighted by Crippen LogP contribution is 2.38. The average molecular weight is 312 g/mol. The summed E-state index contributed by atoms with van der Waals surface area (Å²) in [5.41, 5.74) is 0.0602. The van der Waals surface area contributed by atoms with Gasteiger partial charge in [-0.3, -0.25) is 0 Å². The molecule has 0 spiro atoms. The van der Waals surface area contributed by atoms with Crippen molar-refractivity contribution in [2.24, 2.45) is 0 Å². The smallest absolute Gasteiger partial charge is 0.504 e. The minimum atomic E-state index is -4.89. The van der Waals surface area contributed by atoms with Crippen LogP contribution in [-0.2, 0) is 0 Å². The van der Waals surface area contributed by atoms with Gasteiger partial charge < -0.3 is 14.6 Å². The van der Waals surface area contributed by atoms with E-state index in [1.807, 2.05) is 0 Å². The second-order valence-corrected chi connectivity index (χ2v) is 4.34. The van der Waals surface area contributed by atoms with Crippen molar-refractivity contribution in [2.75, 3.05) is 0 Å². The normalized spacial score (nSPS) is 11.1. The van der Waals surface area contributed by atoms with E-state index in [9.17, 15) is 23.1 Å². The summed E-state index contributed by atoms with van der Waals surface area (Å²) in [6.07, 6.45) is -4.89. The molecule has 0 aromatic heterocycles. The lowest BCUT2D eigenvalue weighted by atomic mass is 10.2. The fourth-order valence-corrected chi connectivity index (χ4v) is 1.75. The van der Waals surface area contributed by atoms with Crippen molar-refractivity contribution < 1.29 is 32.5 Å². The van der Waals surface area contributed by atoms with Gasteiger partial charge in [0.1, 0.15) is 5.75 Å². The van der Waals surface area contributed by atoms with Crippen molar-refractivity contribution >= 4 is 5.97 Å². The first-order chi connectivity index (χ1) is 10.3. The van der Waals surface area contributed by atoms with Crippen molar-refractivity contribution in [3.05, 3.63) is 53.6 Å². The van der Waals surface area contributed by atoms with Gasteiger partial charge >= 0.3 is 12.3 Å². The van der Waals surface area contributed by atoms with Crippen LogP contribution in [0.4, 0.5) is 13.2 Å². The van der Waals surface area contributed by atoms with Gasteiger partial charge in [0, 0.05) is 5.56 Å². The SMILES string of the molecule is Cc1c(OC(F)(F)F)ccc(O)c1OC(=O)c1ccccc1. The minimum absolute atomic E-state index is 0.137. The van der Waals surface area contributed by atoms with Crippen molar-refractivity contribution in [3.63, 3.8) is 0 Å². The maximum absolute atomic E-state index is 12.3. The molecule has 4 nitrogen and oxygen atoms in total. The molecular formula is C15H11F3O4. The molecular weight excluding hydrogens is 301 g/mol. The molecule has 0 fully saturated rings. The Labute approximate surface area is 123 Å². The van der Waals surface area contributed by atoms with Crippen molar-refractivity contribution in [1.29, 1.82) is 0 Å². The van der Waals surface area contributed by atoms with Crippen LogP contribution in [0.5, 0.6) is 17.2 Å². The highest BCUT2D eigenvalue weighted by Gasteiger charge is 2.32. The Hall–Kier alpha value is -2.70. The summed E-state index contributed by atoms with van der Waals surface area (Å²) in [6.45, 7) is 1.24. The number of rotatable bonds is 3. The Balaban J connectivity index is 2.31. The number of alkyl halides is 3. The van der Waals surface area contributed by atoms with Crippen molar-refractivity contribution in [2.45, 2.75) is 13.3 Å². The molecule has 0 aliphatic carbocycles. The zero-order valence-electron chi connectivity index (χ0n) is 11.3. The van der Waals surface area contributed by atoms with Gasteiger partial charge in [-0.25, -0.2) is 4.79 Å². The van der Waals surface area contributed by atoms with Crippen molar-refractivity contribution in [1.82, 2.24) is 0 Å². The van der Waals surface area contributed by atoms with E-state index in [1.54, 1.807) is 18.2 Å². The number of hydrogen-bond donors (Lipinski definition) is 1. The number of aromatic hydroxyl groups is 1. The zero-order valence-corrected chi connectivity index (χ0v) is 11.3. The standard InChI is InChI=1S/C15H11F3O4/c1-9-12(22-15(16,17)18)8-7-11(19)13(9)21-14(20)10-5-3-2-4-6-10/h2-8,19H,1H3. The molecule has 0 amide bonds. The third-order valence-electron chi connectivity index (χ3n) is 2.77. The highest BCUT2D eigenvalue weighted by molar-refractivity contribution is 5.91. The second kappa shape index (κ2) is 5.97. The van der Waals surface area contributed by atoms with Crippen LogP contribution in [0.3, 0.4) is 0 Å². The Morgan fingerprint density at radius 2 is 1.73 bits per heavy atom. The van der Waals surface area contributed by atoms with Gasteiger partial charge in [-0.2, -0.15) is 0 Å². The first kappa shape index (κ1) is 15.7. The summed E-state index contributed by atoms with van der Waals surface area (Å²) in [7, 11) is 0. The number of carbonyl (C=O) groups excluding carboxylic acids is 1. The molecule has 116 valence electrons. The van der Waals surface area contributed by atoms with Gasteiger partial charge in [-0.1, -0.05) is 18.2 Å². The van der Waals surface area contributed by atoms with E-state index in [4.69, 9.17) is 4.74 Å². The lowest BCUT2D eigenvalue weighted by Crippen LogP contribution is -2.18. The lowest BCUT2D eigenvalue weighted by molar-refractivity contribution is -0.274. The van der Waals surface area contributed by atoms with E-state index in [2.05, 4.69) is 4.74 Å². The number of hydrogen-bond acceptors (Lipinski definition) is 4. The Morgan fingerprint density at radius 1 is 1.09 bits per heavy atom. The van der Waals surface area contributed by atoms with Gasteiger partial charge in [0.05, 0.1) is 5.56 Å². The molecule has 7 heteroatoms. The monoisotopic (exact) mass is 312 g/mol. The quantitative estimate of drug-likeness (QED) is 0.691. The molecule has 2 aromatic carbocycles. The van der Waals surface area contributed by atoms with Crippen LogP contribution in [0.1, 0.15) is 15.9 Å². The van der Waals surface area contributed by atoms with Crippen LogP contribution in [-0.4, -0.2) is 17.4 Å². The molecule has 0 bridgehead atoms. The second-order valence-electron chi connectivity index (χ2n) is 4.34. The van der Waals surface area contributed by atoms with Gasteiger partial charge in [0.25, 0.3) is 0 Å². The topological polar surface area (TPSA) is 55.8 Å². The molecule has 22 heavy (non-hydrogen) atoms. The fraction of sp³-hybridized carbons (Fsp3) is 0.133. The third kappa shape index (κ3) is 3.69. The largest absolute Gasteiger partial charge is 0.573 e.